The smallest absolute Gasteiger partial charge is 0.290 e. The van der Waals surface area contributed by atoms with Gasteiger partial charge in [0.05, 0.1) is 20.5 Å². The lowest BCUT2D eigenvalue weighted by Crippen LogP contribution is -2.46. The van der Waals surface area contributed by atoms with Crippen LogP contribution in [0, 0.1) is 16.7 Å². The molecule has 33 heavy (non-hydrogen) atoms. The minimum atomic E-state index is -2.08. The first-order chi connectivity index (χ1) is 16.6. The van der Waals surface area contributed by atoms with Gasteiger partial charge in [-0.1, -0.05) is 23.7 Å². The quantitative estimate of drug-likeness (QED) is 0.634. The summed E-state index contributed by atoms with van der Waals surface area (Å²) < 4.78 is 28.8. The lowest BCUT2D eigenvalue weighted by Gasteiger charge is -2.45. The molecule has 0 aromatic heterocycles. The molecule has 5 rings (SSSR count). The van der Waals surface area contributed by atoms with Crippen LogP contribution in [0.5, 0.6) is 0 Å². The SMILES string of the molecule is O=CO.[2H]C1([2H])OC(N)=N[C@]12c1cc(-c3cc(Cl)cc(C#N)c3)ccc1C[C@]21CC[C@@H](OC)CC1. The minimum absolute atomic E-state index is 0.115. The number of carbonyl (C=O) groups is 1. The molecule has 2 spiro atoms. The first-order valence-corrected chi connectivity index (χ1v) is 11.0. The largest absolute Gasteiger partial charge is 0.483 e. The summed E-state index contributed by atoms with van der Waals surface area (Å²) in [5, 5.41) is 16.7. The zero-order chi connectivity index (χ0) is 25.4. The number of nitrogens with two attached hydrogens (primary N) is 1. The molecular formula is C25H26ClN3O4. The van der Waals surface area contributed by atoms with Crippen LogP contribution in [0.4, 0.5) is 0 Å². The van der Waals surface area contributed by atoms with E-state index in [1.54, 1.807) is 19.2 Å². The molecule has 2 aromatic rings. The molecule has 2 aromatic carbocycles. The Morgan fingerprint density at radius 1 is 1.33 bits per heavy atom. The van der Waals surface area contributed by atoms with Gasteiger partial charge in [0, 0.05) is 17.5 Å². The number of rotatable bonds is 2. The Bertz CT molecular complexity index is 1220. The van der Waals surface area contributed by atoms with E-state index in [1.807, 2.05) is 24.3 Å². The van der Waals surface area contributed by atoms with Crippen LogP contribution < -0.4 is 5.73 Å². The number of carboxylic acid groups (broad SMARTS) is 1. The van der Waals surface area contributed by atoms with E-state index in [-0.39, 0.29) is 18.6 Å². The van der Waals surface area contributed by atoms with Crippen molar-refractivity contribution in [3.05, 3.63) is 58.1 Å². The third-order valence-electron chi connectivity index (χ3n) is 6.96. The number of methoxy groups -OCH3 is 1. The van der Waals surface area contributed by atoms with E-state index in [0.29, 0.717) is 17.0 Å². The molecule has 1 heterocycles. The van der Waals surface area contributed by atoms with Gasteiger partial charge in [-0.15, -0.1) is 0 Å². The van der Waals surface area contributed by atoms with E-state index >= 15 is 0 Å². The molecule has 7 nitrogen and oxygen atoms in total. The number of ether oxygens (including phenoxy) is 2. The predicted octanol–water partition coefficient (Wildman–Crippen LogP) is 4.25. The topological polar surface area (TPSA) is 118 Å². The van der Waals surface area contributed by atoms with Gasteiger partial charge < -0.3 is 20.3 Å². The Balaban J connectivity index is 0.000000917. The normalized spacial score (nSPS) is 29.6. The Labute approximate surface area is 200 Å². The first kappa shape index (κ1) is 20.5. The second-order valence-electron chi connectivity index (χ2n) is 8.57. The molecule has 0 bridgehead atoms. The molecule has 0 unspecified atom stereocenters. The fourth-order valence-electron chi connectivity index (χ4n) is 5.44. The Morgan fingerprint density at radius 3 is 2.67 bits per heavy atom. The van der Waals surface area contributed by atoms with Crippen LogP contribution in [0.3, 0.4) is 0 Å². The summed E-state index contributed by atoms with van der Waals surface area (Å²) in [6.07, 6.45) is 4.09. The van der Waals surface area contributed by atoms with Crippen molar-refractivity contribution in [2.75, 3.05) is 13.7 Å². The van der Waals surface area contributed by atoms with E-state index in [9.17, 15) is 5.26 Å². The number of nitriles is 1. The molecule has 1 fully saturated rings. The highest BCUT2D eigenvalue weighted by molar-refractivity contribution is 6.31. The number of fused-ring (bicyclic) bond motifs is 3. The molecule has 0 amide bonds. The summed E-state index contributed by atoms with van der Waals surface area (Å²) in [6, 6.07) is 13.3. The molecule has 3 N–H and O–H groups in total. The number of hydrogen-bond donors (Lipinski definition) is 2. The standard InChI is InChI=1S/C24H24ClN3O2.CH2O2/c1-29-20-4-6-23(7-5-20)12-17-3-2-16(18-8-15(13-26)9-19(25)10-18)11-21(17)24(23)14-30-22(27)28-24;2-1-3/h2-3,8-11,20H,4-7,12,14H2,1H3,(H2,27,28);1H,(H,2,3)/t20-,23-,24-;/m0./s1/i14D2;. The van der Waals surface area contributed by atoms with Crippen LogP contribution in [-0.4, -0.2) is 37.4 Å². The highest BCUT2D eigenvalue weighted by atomic mass is 35.5. The molecule has 1 saturated carbocycles. The van der Waals surface area contributed by atoms with Crippen molar-refractivity contribution < 1.29 is 22.1 Å². The van der Waals surface area contributed by atoms with Gasteiger partial charge >= 0.3 is 0 Å². The number of benzene rings is 2. The molecule has 0 radical (unpaired) electrons. The lowest BCUT2D eigenvalue weighted by molar-refractivity contribution is -0.122. The van der Waals surface area contributed by atoms with Crippen LogP contribution >= 0.6 is 11.6 Å². The maximum Gasteiger partial charge on any atom is 0.290 e. The van der Waals surface area contributed by atoms with E-state index in [4.69, 9.17) is 44.4 Å². The van der Waals surface area contributed by atoms with Crippen LogP contribution in [0.2, 0.25) is 5.02 Å². The summed E-state index contributed by atoms with van der Waals surface area (Å²) >= 11 is 6.24. The fourth-order valence-corrected chi connectivity index (χ4v) is 5.68. The average molecular weight is 470 g/mol. The van der Waals surface area contributed by atoms with Crippen LogP contribution in [0.25, 0.3) is 11.1 Å². The average Bonchev–Trinajstić information content (AvgIpc) is 3.24. The third-order valence-corrected chi connectivity index (χ3v) is 7.18. The van der Waals surface area contributed by atoms with Gasteiger partial charge in [0.25, 0.3) is 12.5 Å². The molecule has 3 aliphatic rings. The van der Waals surface area contributed by atoms with Gasteiger partial charge in [-0.2, -0.15) is 5.26 Å². The number of aliphatic imine (C=N–C) groups is 1. The van der Waals surface area contributed by atoms with Gasteiger partial charge in [0.1, 0.15) is 12.1 Å². The van der Waals surface area contributed by atoms with Crippen molar-refractivity contribution in [2.45, 2.75) is 43.7 Å². The fraction of sp³-hybridized carbons (Fsp3) is 0.400. The molecular weight excluding hydrogens is 442 g/mol. The van der Waals surface area contributed by atoms with Gasteiger partial charge in [0.2, 0.25) is 0 Å². The summed E-state index contributed by atoms with van der Waals surface area (Å²) in [5.41, 5.74) is 8.28. The van der Waals surface area contributed by atoms with Crippen LogP contribution in [0.1, 0.15) is 45.1 Å². The maximum absolute atomic E-state index is 9.34. The molecule has 1 atom stereocenters. The van der Waals surface area contributed by atoms with Crippen molar-refractivity contribution in [2.24, 2.45) is 16.1 Å². The molecule has 2 aliphatic carbocycles. The maximum atomic E-state index is 9.34. The Hall–Kier alpha value is -3.08. The zero-order valence-corrected chi connectivity index (χ0v) is 18.9. The van der Waals surface area contributed by atoms with Gasteiger partial charge in [0.15, 0.2) is 0 Å². The Kier molecular flexibility index (Phi) is 5.63. The number of hydrogen-bond acceptors (Lipinski definition) is 6. The second-order valence-corrected chi connectivity index (χ2v) is 9.01. The van der Waals surface area contributed by atoms with Crippen molar-refractivity contribution in [3.63, 3.8) is 0 Å². The highest BCUT2D eigenvalue weighted by Crippen LogP contribution is 2.61. The van der Waals surface area contributed by atoms with Gasteiger partial charge in [-0.3, -0.25) is 4.79 Å². The molecule has 8 heteroatoms. The minimum Gasteiger partial charge on any atom is -0.483 e. The Morgan fingerprint density at radius 2 is 2.06 bits per heavy atom. The van der Waals surface area contributed by atoms with Gasteiger partial charge in [-0.25, -0.2) is 4.99 Å². The summed E-state index contributed by atoms with van der Waals surface area (Å²) in [7, 11) is 1.72. The van der Waals surface area contributed by atoms with Gasteiger partial charge in [-0.05, 0) is 78.6 Å². The van der Waals surface area contributed by atoms with Crippen LogP contribution in [-0.2, 0) is 26.2 Å². The monoisotopic (exact) mass is 469 g/mol. The van der Waals surface area contributed by atoms with Crippen molar-refractivity contribution in [3.8, 4) is 17.2 Å². The van der Waals surface area contributed by atoms with E-state index in [1.165, 1.54) is 0 Å². The van der Waals surface area contributed by atoms with Crippen molar-refractivity contribution in [1.82, 2.24) is 0 Å². The number of nitrogens with zero attached hydrogens (tertiary/aromatic N) is 2. The molecule has 0 saturated heterocycles. The predicted molar refractivity (Wildman–Crippen MR) is 125 cm³/mol. The first-order valence-electron chi connectivity index (χ1n) is 11.6. The van der Waals surface area contributed by atoms with E-state index in [2.05, 4.69) is 6.07 Å². The molecule has 1 aliphatic heterocycles. The number of halogens is 1. The summed E-state index contributed by atoms with van der Waals surface area (Å²) in [5.74, 6) is 0. The number of amidine groups is 1. The van der Waals surface area contributed by atoms with E-state index in [0.717, 1.165) is 47.9 Å². The van der Waals surface area contributed by atoms with Crippen molar-refractivity contribution in [1.29, 1.82) is 5.26 Å². The summed E-state index contributed by atoms with van der Waals surface area (Å²) in [4.78, 5) is 13.1. The zero-order valence-electron chi connectivity index (χ0n) is 20.2. The summed E-state index contributed by atoms with van der Waals surface area (Å²) in [6.45, 7) is -2.33. The highest BCUT2D eigenvalue weighted by Gasteiger charge is 2.61. The molecule has 172 valence electrons. The second kappa shape index (κ2) is 9.05. The van der Waals surface area contributed by atoms with Crippen LogP contribution in [0.15, 0.2) is 41.4 Å². The van der Waals surface area contributed by atoms with E-state index < -0.39 is 17.5 Å². The lowest BCUT2D eigenvalue weighted by atomic mass is 9.62. The van der Waals surface area contributed by atoms with Crippen molar-refractivity contribution >= 4 is 24.1 Å². The third kappa shape index (κ3) is 3.94.